The maximum Gasteiger partial charge on any atom is 0.341 e. The average molecular weight is 309 g/mol. The smallest absolute Gasteiger partial charge is 0.341 e. The molecule has 0 amide bonds. The number of aromatic amines is 1. The van der Waals surface area contributed by atoms with Crippen LogP contribution in [0.15, 0.2) is 34.9 Å². The van der Waals surface area contributed by atoms with Gasteiger partial charge in [0.2, 0.25) is 0 Å². The number of ether oxygens (including phenoxy) is 1. The summed E-state index contributed by atoms with van der Waals surface area (Å²) in [5, 5.41) is 6.75. The predicted molar refractivity (Wildman–Crippen MR) is 71.5 cm³/mol. The number of H-pyrrole nitrogens is 1. The number of carbonyl (C=O) groups is 1. The van der Waals surface area contributed by atoms with Gasteiger partial charge in [0.25, 0.3) is 0 Å². The summed E-state index contributed by atoms with van der Waals surface area (Å²) in [7, 11) is 0. The number of aromatic nitrogens is 2. The number of esters is 1. The number of hydrogen-bond donors (Lipinski definition) is 1. The summed E-state index contributed by atoms with van der Waals surface area (Å²) in [6.07, 6.45) is 2.13. The molecule has 0 fully saturated rings. The Hall–Kier alpha value is -1.62. The summed E-state index contributed by atoms with van der Waals surface area (Å²) in [6, 6.07) is 7.94. The van der Waals surface area contributed by atoms with E-state index in [0.29, 0.717) is 18.6 Å². The molecule has 0 saturated carbocycles. The van der Waals surface area contributed by atoms with Crippen LogP contribution >= 0.6 is 15.9 Å². The van der Waals surface area contributed by atoms with Gasteiger partial charge in [-0.15, -0.1) is 0 Å². The van der Waals surface area contributed by atoms with Crippen LogP contribution in [0.2, 0.25) is 0 Å². The Bertz CT molecular complexity index is 534. The first kappa shape index (κ1) is 12.8. The van der Waals surface area contributed by atoms with E-state index in [1.54, 1.807) is 6.92 Å². The highest BCUT2D eigenvalue weighted by molar-refractivity contribution is 9.10. The van der Waals surface area contributed by atoms with E-state index in [-0.39, 0.29) is 5.97 Å². The lowest BCUT2D eigenvalue weighted by Gasteiger charge is -2.03. The molecule has 2 rings (SSSR count). The molecule has 1 aromatic heterocycles. The van der Waals surface area contributed by atoms with Gasteiger partial charge in [-0.05, 0) is 24.6 Å². The van der Waals surface area contributed by atoms with Crippen molar-refractivity contribution in [2.24, 2.45) is 0 Å². The third-order valence-corrected chi connectivity index (χ3v) is 3.04. The quantitative estimate of drug-likeness (QED) is 0.884. The van der Waals surface area contributed by atoms with E-state index in [9.17, 15) is 4.79 Å². The molecular formula is C13H13BrN2O2. The van der Waals surface area contributed by atoms with Crippen molar-refractivity contribution in [3.05, 3.63) is 51.8 Å². The van der Waals surface area contributed by atoms with E-state index in [1.165, 1.54) is 6.20 Å². The zero-order valence-corrected chi connectivity index (χ0v) is 11.5. The highest BCUT2D eigenvalue weighted by atomic mass is 79.9. The molecule has 0 aliphatic heterocycles. The Kier molecular flexibility index (Phi) is 4.15. The zero-order chi connectivity index (χ0) is 13.0. The Balaban J connectivity index is 2.17. The summed E-state index contributed by atoms with van der Waals surface area (Å²) in [6.45, 7) is 2.15. The maximum atomic E-state index is 11.7. The number of nitrogens with one attached hydrogen (secondary N) is 1. The molecule has 0 spiro atoms. The first-order chi connectivity index (χ1) is 8.70. The van der Waals surface area contributed by atoms with Crippen LogP contribution in [0.1, 0.15) is 28.5 Å². The van der Waals surface area contributed by atoms with Crippen LogP contribution in [0.25, 0.3) is 0 Å². The number of benzene rings is 1. The molecule has 0 atom stereocenters. The Morgan fingerprint density at radius 3 is 2.78 bits per heavy atom. The number of hydrogen-bond acceptors (Lipinski definition) is 3. The van der Waals surface area contributed by atoms with Gasteiger partial charge < -0.3 is 4.74 Å². The lowest BCUT2D eigenvalue weighted by molar-refractivity contribution is 0.0525. The van der Waals surface area contributed by atoms with Gasteiger partial charge in [-0.2, -0.15) is 5.10 Å². The second kappa shape index (κ2) is 5.82. The number of carbonyl (C=O) groups excluding carboxylic acids is 1. The molecule has 0 saturated heterocycles. The minimum atomic E-state index is -0.335. The summed E-state index contributed by atoms with van der Waals surface area (Å²) in [5.74, 6) is -0.335. The van der Waals surface area contributed by atoms with Crippen molar-refractivity contribution in [3.8, 4) is 0 Å². The largest absolute Gasteiger partial charge is 0.462 e. The highest BCUT2D eigenvalue weighted by Gasteiger charge is 2.14. The van der Waals surface area contributed by atoms with Crippen molar-refractivity contribution in [2.75, 3.05) is 6.61 Å². The highest BCUT2D eigenvalue weighted by Crippen LogP contribution is 2.15. The SMILES string of the molecule is CCOC(=O)c1cn[nH]c1Cc1ccc(Br)cc1. The van der Waals surface area contributed by atoms with Crippen LogP contribution in [-0.4, -0.2) is 22.8 Å². The third-order valence-electron chi connectivity index (χ3n) is 2.51. The summed E-state index contributed by atoms with van der Waals surface area (Å²) in [5.41, 5.74) is 2.38. The second-order valence-corrected chi connectivity index (χ2v) is 4.70. The van der Waals surface area contributed by atoms with Crippen LogP contribution < -0.4 is 0 Å². The third kappa shape index (κ3) is 2.98. The van der Waals surface area contributed by atoms with Gasteiger partial charge in [-0.25, -0.2) is 4.79 Å². The Morgan fingerprint density at radius 1 is 1.39 bits per heavy atom. The number of rotatable bonds is 4. The first-order valence-corrected chi connectivity index (χ1v) is 6.43. The monoisotopic (exact) mass is 308 g/mol. The molecule has 0 aliphatic rings. The van der Waals surface area contributed by atoms with Gasteiger partial charge in [0.05, 0.1) is 18.5 Å². The molecular weight excluding hydrogens is 296 g/mol. The van der Waals surface area contributed by atoms with Gasteiger partial charge in [0.15, 0.2) is 0 Å². The zero-order valence-electron chi connectivity index (χ0n) is 9.94. The Morgan fingerprint density at radius 2 is 2.11 bits per heavy atom. The normalized spacial score (nSPS) is 10.3. The molecule has 0 aliphatic carbocycles. The van der Waals surface area contributed by atoms with E-state index in [1.807, 2.05) is 24.3 Å². The van der Waals surface area contributed by atoms with Crippen molar-refractivity contribution in [1.82, 2.24) is 10.2 Å². The van der Waals surface area contributed by atoms with Crippen molar-refractivity contribution < 1.29 is 9.53 Å². The van der Waals surface area contributed by atoms with E-state index in [0.717, 1.165) is 15.7 Å². The maximum absolute atomic E-state index is 11.7. The van der Waals surface area contributed by atoms with Crippen molar-refractivity contribution in [1.29, 1.82) is 0 Å². The molecule has 1 N–H and O–H groups in total. The van der Waals surface area contributed by atoms with Gasteiger partial charge in [0.1, 0.15) is 5.56 Å². The average Bonchev–Trinajstić information content (AvgIpc) is 2.81. The topological polar surface area (TPSA) is 55.0 Å². The Labute approximate surface area is 113 Å². The fourth-order valence-electron chi connectivity index (χ4n) is 1.64. The van der Waals surface area contributed by atoms with Crippen molar-refractivity contribution in [2.45, 2.75) is 13.3 Å². The number of halogens is 1. The van der Waals surface area contributed by atoms with Crippen LogP contribution in [0.4, 0.5) is 0 Å². The fourth-order valence-corrected chi connectivity index (χ4v) is 1.90. The summed E-state index contributed by atoms with van der Waals surface area (Å²) < 4.78 is 6.01. The lowest BCUT2D eigenvalue weighted by Crippen LogP contribution is -2.07. The summed E-state index contributed by atoms with van der Waals surface area (Å²) >= 11 is 3.39. The van der Waals surface area contributed by atoms with Gasteiger partial charge in [0, 0.05) is 10.9 Å². The van der Waals surface area contributed by atoms with E-state index in [2.05, 4.69) is 26.1 Å². The molecule has 0 radical (unpaired) electrons. The number of nitrogens with zero attached hydrogens (tertiary/aromatic N) is 1. The van der Waals surface area contributed by atoms with Crippen LogP contribution in [0.3, 0.4) is 0 Å². The molecule has 0 bridgehead atoms. The molecule has 94 valence electrons. The predicted octanol–water partition coefficient (Wildman–Crippen LogP) is 2.94. The minimum Gasteiger partial charge on any atom is -0.462 e. The van der Waals surface area contributed by atoms with Gasteiger partial charge in [-0.1, -0.05) is 28.1 Å². The molecule has 2 aromatic rings. The lowest BCUT2D eigenvalue weighted by atomic mass is 10.1. The molecule has 5 heteroatoms. The van der Waals surface area contributed by atoms with Crippen LogP contribution in [0, 0.1) is 0 Å². The van der Waals surface area contributed by atoms with Crippen LogP contribution in [0.5, 0.6) is 0 Å². The van der Waals surface area contributed by atoms with Crippen molar-refractivity contribution in [3.63, 3.8) is 0 Å². The second-order valence-electron chi connectivity index (χ2n) is 3.79. The molecule has 0 unspecified atom stereocenters. The molecule has 1 aromatic carbocycles. The summed E-state index contributed by atoms with van der Waals surface area (Å²) in [4.78, 5) is 11.7. The van der Waals surface area contributed by atoms with Gasteiger partial charge in [-0.3, -0.25) is 5.10 Å². The molecule has 1 heterocycles. The van der Waals surface area contributed by atoms with E-state index < -0.39 is 0 Å². The fraction of sp³-hybridized carbons (Fsp3) is 0.231. The van der Waals surface area contributed by atoms with Crippen LogP contribution in [-0.2, 0) is 11.2 Å². The van der Waals surface area contributed by atoms with Crippen molar-refractivity contribution >= 4 is 21.9 Å². The minimum absolute atomic E-state index is 0.335. The van der Waals surface area contributed by atoms with Gasteiger partial charge >= 0.3 is 5.97 Å². The first-order valence-electron chi connectivity index (χ1n) is 5.64. The standard InChI is InChI=1S/C13H13BrN2O2/c1-2-18-13(17)11-8-15-16-12(11)7-9-3-5-10(14)6-4-9/h3-6,8H,2,7H2,1H3,(H,15,16). The molecule has 18 heavy (non-hydrogen) atoms. The van der Waals surface area contributed by atoms with E-state index in [4.69, 9.17) is 4.74 Å². The molecule has 4 nitrogen and oxygen atoms in total. The van der Waals surface area contributed by atoms with E-state index >= 15 is 0 Å².